The van der Waals surface area contributed by atoms with Crippen LogP contribution in [0, 0.1) is 0 Å². The van der Waals surface area contributed by atoms with Crippen LogP contribution in [0.3, 0.4) is 0 Å². The monoisotopic (exact) mass is 414 g/mol. The Kier molecular flexibility index (Phi) is 8.62. The first-order valence-corrected chi connectivity index (χ1v) is 9.10. The summed E-state index contributed by atoms with van der Waals surface area (Å²) in [6, 6.07) is 8.92. The van der Waals surface area contributed by atoms with E-state index in [1.54, 1.807) is 72.0 Å². The van der Waals surface area contributed by atoms with Crippen LogP contribution in [-0.4, -0.2) is 48.1 Å². The van der Waals surface area contributed by atoms with Gasteiger partial charge >= 0.3 is 5.97 Å². The number of carbonyl (C=O) groups is 1. The van der Waals surface area contributed by atoms with Crippen LogP contribution in [0.5, 0.6) is 28.7 Å². The normalized spacial score (nSPS) is 10.8. The van der Waals surface area contributed by atoms with Gasteiger partial charge in [-0.15, -0.1) is 0 Å². The van der Waals surface area contributed by atoms with Crippen LogP contribution in [0.15, 0.2) is 42.5 Å². The number of ether oxygens (including phenoxy) is 6. The van der Waals surface area contributed by atoms with Gasteiger partial charge in [0.25, 0.3) is 0 Å². The van der Waals surface area contributed by atoms with E-state index in [-0.39, 0.29) is 6.61 Å². The van der Waals surface area contributed by atoms with Crippen LogP contribution < -0.4 is 23.7 Å². The molecule has 0 aliphatic heterocycles. The lowest BCUT2D eigenvalue weighted by Crippen LogP contribution is -2.00. The number of hydrogen-bond donors (Lipinski definition) is 0. The van der Waals surface area contributed by atoms with Gasteiger partial charge in [0.2, 0.25) is 0 Å². The van der Waals surface area contributed by atoms with Crippen LogP contribution in [-0.2, 0) is 9.53 Å². The molecule has 0 atom stereocenters. The maximum Gasteiger partial charge on any atom is 0.331 e. The summed E-state index contributed by atoms with van der Waals surface area (Å²) in [6.45, 7) is 0.0932. The molecule has 0 N–H and O–H groups in total. The first-order valence-electron chi connectivity index (χ1n) is 9.10. The third-order valence-corrected chi connectivity index (χ3v) is 4.19. The van der Waals surface area contributed by atoms with E-state index in [9.17, 15) is 4.79 Å². The second-order valence-electron chi connectivity index (χ2n) is 5.90. The third kappa shape index (κ3) is 5.70. The van der Waals surface area contributed by atoms with Gasteiger partial charge in [0, 0.05) is 23.3 Å². The predicted molar refractivity (Wildman–Crippen MR) is 115 cm³/mol. The van der Waals surface area contributed by atoms with E-state index < -0.39 is 5.97 Å². The third-order valence-electron chi connectivity index (χ3n) is 4.19. The van der Waals surface area contributed by atoms with E-state index >= 15 is 0 Å². The summed E-state index contributed by atoms with van der Waals surface area (Å²) in [5, 5.41) is 0. The van der Waals surface area contributed by atoms with Gasteiger partial charge in [-0.1, -0.05) is 18.2 Å². The second-order valence-corrected chi connectivity index (χ2v) is 5.90. The van der Waals surface area contributed by atoms with Gasteiger partial charge in [-0.25, -0.2) is 4.79 Å². The van der Waals surface area contributed by atoms with Crippen molar-refractivity contribution in [1.29, 1.82) is 0 Å². The number of rotatable bonds is 10. The zero-order valence-corrected chi connectivity index (χ0v) is 17.8. The molecular weight excluding hydrogens is 388 g/mol. The number of para-hydroxylation sites is 1. The summed E-state index contributed by atoms with van der Waals surface area (Å²) >= 11 is 0. The van der Waals surface area contributed by atoms with Gasteiger partial charge < -0.3 is 28.4 Å². The lowest BCUT2D eigenvalue weighted by atomic mass is 10.1. The van der Waals surface area contributed by atoms with Gasteiger partial charge in [-0.05, 0) is 24.3 Å². The summed E-state index contributed by atoms with van der Waals surface area (Å²) in [5.74, 6) is 2.40. The molecule has 0 saturated heterocycles. The van der Waals surface area contributed by atoms with Gasteiger partial charge in [-0.2, -0.15) is 0 Å². The van der Waals surface area contributed by atoms with E-state index in [0.717, 1.165) is 5.56 Å². The molecule has 7 heteroatoms. The minimum absolute atomic E-state index is 0.0932. The van der Waals surface area contributed by atoms with E-state index in [0.29, 0.717) is 34.3 Å². The topological polar surface area (TPSA) is 72.5 Å². The van der Waals surface area contributed by atoms with Crippen molar-refractivity contribution >= 4 is 18.1 Å². The number of esters is 1. The van der Waals surface area contributed by atoms with Crippen LogP contribution in [0.4, 0.5) is 0 Å². The Bertz CT molecular complexity index is 916. The Morgan fingerprint density at radius 2 is 1.43 bits per heavy atom. The smallest absolute Gasteiger partial charge is 0.331 e. The summed E-state index contributed by atoms with van der Waals surface area (Å²) in [7, 11) is 7.78. The van der Waals surface area contributed by atoms with Crippen molar-refractivity contribution in [3.05, 3.63) is 53.6 Å². The first kappa shape index (κ1) is 22.7. The molecule has 0 saturated carbocycles. The van der Waals surface area contributed by atoms with Crippen molar-refractivity contribution in [2.24, 2.45) is 0 Å². The summed E-state index contributed by atoms with van der Waals surface area (Å²) < 4.78 is 31.7. The summed E-state index contributed by atoms with van der Waals surface area (Å²) in [4.78, 5) is 12.0. The molecule has 0 radical (unpaired) electrons. The zero-order chi connectivity index (χ0) is 21.9. The fourth-order valence-corrected chi connectivity index (χ4v) is 2.74. The molecule has 2 rings (SSSR count). The SMILES string of the molecule is COc1cc(OC)c(OC)cc1/C=C/COC(=O)/C=C/c1cccc(OC)c1OC. The summed E-state index contributed by atoms with van der Waals surface area (Å²) in [5.41, 5.74) is 1.47. The Morgan fingerprint density at radius 1 is 0.767 bits per heavy atom. The maximum absolute atomic E-state index is 12.0. The molecule has 0 aliphatic carbocycles. The van der Waals surface area contributed by atoms with E-state index in [4.69, 9.17) is 28.4 Å². The average molecular weight is 414 g/mol. The molecule has 160 valence electrons. The highest BCUT2D eigenvalue weighted by Gasteiger charge is 2.10. The molecule has 30 heavy (non-hydrogen) atoms. The summed E-state index contributed by atoms with van der Waals surface area (Å²) in [6.07, 6.45) is 6.44. The quantitative estimate of drug-likeness (QED) is 0.430. The Hall–Kier alpha value is -3.61. The molecular formula is C23H26O7. The second kappa shape index (κ2) is 11.4. The van der Waals surface area contributed by atoms with E-state index in [1.807, 2.05) is 12.1 Å². The number of carbonyl (C=O) groups excluding carboxylic acids is 1. The highest BCUT2D eigenvalue weighted by molar-refractivity contribution is 5.88. The first-order chi connectivity index (χ1) is 14.6. The van der Waals surface area contributed by atoms with Gasteiger partial charge in [0.05, 0.1) is 35.5 Å². The van der Waals surface area contributed by atoms with Crippen molar-refractivity contribution in [2.45, 2.75) is 0 Å². The molecule has 2 aromatic carbocycles. The fraction of sp³-hybridized carbons (Fsp3) is 0.261. The molecule has 0 aromatic heterocycles. The van der Waals surface area contributed by atoms with Gasteiger partial charge in [-0.3, -0.25) is 0 Å². The lowest BCUT2D eigenvalue weighted by Gasteiger charge is -2.12. The molecule has 0 fully saturated rings. The minimum atomic E-state index is -0.483. The molecule has 0 heterocycles. The molecule has 7 nitrogen and oxygen atoms in total. The highest BCUT2D eigenvalue weighted by Crippen LogP contribution is 2.35. The number of benzene rings is 2. The largest absolute Gasteiger partial charge is 0.496 e. The predicted octanol–water partition coefficient (Wildman–Crippen LogP) is 4.00. The van der Waals surface area contributed by atoms with Crippen LogP contribution >= 0.6 is 0 Å². The standard InChI is InChI=1S/C23H26O7/c1-25-18-10-6-8-16(23(18)29-5)11-12-22(24)30-13-7-9-17-14-20(27-3)21(28-4)15-19(17)26-2/h6-12,14-15H,13H2,1-5H3/b9-7+,12-11+. The van der Waals surface area contributed by atoms with E-state index in [1.165, 1.54) is 6.08 Å². The van der Waals surface area contributed by atoms with Gasteiger partial charge in [0.1, 0.15) is 12.4 Å². The van der Waals surface area contributed by atoms with Crippen molar-refractivity contribution in [1.82, 2.24) is 0 Å². The van der Waals surface area contributed by atoms with Crippen molar-refractivity contribution in [3.8, 4) is 28.7 Å². The average Bonchev–Trinajstić information content (AvgIpc) is 2.79. The Morgan fingerprint density at radius 3 is 2.07 bits per heavy atom. The van der Waals surface area contributed by atoms with Gasteiger partial charge in [0.15, 0.2) is 23.0 Å². The molecule has 0 spiro atoms. The Balaban J connectivity index is 2.01. The molecule has 0 aliphatic rings. The minimum Gasteiger partial charge on any atom is -0.496 e. The van der Waals surface area contributed by atoms with E-state index in [2.05, 4.69) is 0 Å². The van der Waals surface area contributed by atoms with Crippen LogP contribution in [0.25, 0.3) is 12.2 Å². The highest BCUT2D eigenvalue weighted by atomic mass is 16.5. The van der Waals surface area contributed by atoms with Crippen molar-refractivity contribution in [2.75, 3.05) is 42.2 Å². The van der Waals surface area contributed by atoms with Crippen LogP contribution in [0.1, 0.15) is 11.1 Å². The molecule has 0 amide bonds. The molecule has 0 unspecified atom stereocenters. The molecule has 0 bridgehead atoms. The van der Waals surface area contributed by atoms with Crippen molar-refractivity contribution in [3.63, 3.8) is 0 Å². The molecule has 2 aromatic rings. The van der Waals surface area contributed by atoms with Crippen molar-refractivity contribution < 1.29 is 33.2 Å². The number of hydrogen-bond acceptors (Lipinski definition) is 7. The maximum atomic E-state index is 12.0. The Labute approximate surface area is 176 Å². The zero-order valence-electron chi connectivity index (χ0n) is 17.8. The fourth-order valence-electron chi connectivity index (χ4n) is 2.74. The lowest BCUT2D eigenvalue weighted by molar-refractivity contribution is -0.136. The number of methoxy groups -OCH3 is 5. The van der Waals surface area contributed by atoms with Crippen LogP contribution in [0.2, 0.25) is 0 Å².